The van der Waals surface area contributed by atoms with Crippen LogP contribution in [0.25, 0.3) is 0 Å². The first kappa shape index (κ1) is 10.5. The van der Waals surface area contributed by atoms with E-state index in [0.717, 1.165) is 17.1 Å². The lowest BCUT2D eigenvalue weighted by Crippen LogP contribution is -2.03. The molecule has 0 atom stereocenters. The van der Waals surface area contributed by atoms with Crippen molar-refractivity contribution in [1.82, 2.24) is 15.0 Å². The van der Waals surface area contributed by atoms with E-state index in [1.165, 1.54) is 11.9 Å². The molecule has 0 spiro atoms. The van der Waals surface area contributed by atoms with E-state index in [4.69, 9.17) is 0 Å². The Hall–Kier alpha value is -1.97. The first-order valence-corrected chi connectivity index (χ1v) is 5.17. The monoisotopic (exact) mass is 214 g/mol. The van der Waals surface area contributed by atoms with Crippen molar-refractivity contribution in [2.45, 2.75) is 20.4 Å². The molecule has 0 aromatic carbocycles. The normalized spacial score (nSPS) is 10.1. The Kier molecular flexibility index (Phi) is 3.10. The molecule has 1 N–H and O–H groups in total. The fraction of sp³-hybridized carbons (Fsp3) is 0.250. The Balaban J connectivity index is 2.05. The largest absolute Gasteiger partial charge is 0.366 e. The summed E-state index contributed by atoms with van der Waals surface area (Å²) in [5.74, 6) is 0.890. The first-order valence-electron chi connectivity index (χ1n) is 5.17. The average molecular weight is 214 g/mol. The highest BCUT2D eigenvalue weighted by Crippen LogP contribution is 2.09. The van der Waals surface area contributed by atoms with Crippen molar-refractivity contribution in [2.24, 2.45) is 0 Å². The minimum absolute atomic E-state index is 0.691. The Bertz CT molecular complexity index is 447. The minimum atomic E-state index is 0.691. The Morgan fingerprint density at radius 1 is 1.12 bits per heavy atom. The van der Waals surface area contributed by atoms with Gasteiger partial charge in [0.1, 0.15) is 12.1 Å². The molecule has 4 heteroatoms. The van der Waals surface area contributed by atoms with E-state index in [2.05, 4.69) is 33.3 Å². The van der Waals surface area contributed by atoms with Crippen LogP contribution >= 0.6 is 0 Å². The highest BCUT2D eigenvalue weighted by atomic mass is 15.0. The second-order valence-electron chi connectivity index (χ2n) is 3.77. The number of pyridine rings is 1. The molecule has 0 radical (unpaired) electrons. The van der Waals surface area contributed by atoms with Gasteiger partial charge in [0.2, 0.25) is 0 Å². The van der Waals surface area contributed by atoms with Gasteiger partial charge in [-0.3, -0.25) is 0 Å². The van der Waals surface area contributed by atoms with Crippen LogP contribution in [0.5, 0.6) is 0 Å². The van der Waals surface area contributed by atoms with Gasteiger partial charge in [0.05, 0.1) is 0 Å². The molecule has 0 saturated carbocycles. The van der Waals surface area contributed by atoms with Gasteiger partial charge in [0.25, 0.3) is 0 Å². The number of aryl methyl sites for hydroxylation is 2. The summed E-state index contributed by atoms with van der Waals surface area (Å²) in [4.78, 5) is 12.3. The zero-order chi connectivity index (χ0) is 11.4. The number of nitrogens with one attached hydrogen (secondary N) is 1. The molecule has 0 amide bonds. The minimum Gasteiger partial charge on any atom is -0.366 e. The molecule has 2 aromatic heterocycles. The number of aromatic nitrogens is 3. The number of rotatable bonds is 3. The average Bonchev–Trinajstić information content (AvgIpc) is 2.27. The number of anilines is 1. The summed E-state index contributed by atoms with van der Waals surface area (Å²) in [5, 5.41) is 3.25. The molecule has 0 fully saturated rings. The van der Waals surface area contributed by atoms with E-state index in [-0.39, 0.29) is 0 Å². The lowest BCUT2D eigenvalue weighted by molar-refractivity contribution is 1.03. The molecule has 0 aliphatic heterocycles. The fourth-order valence-electron chi connectivity index (χ4n) is 1.55. The van der Waals surface area contributed by atoms with Gasteiger partial charge < -0.3 is 5.32 Å². The molecule has 0 aliphatic carbocycles. The standard InChI is InChI=1S/C12H14N4/c1-9-3-10(2)16-12(4-9)15-7-11-5-13-8-14-6-11/h3-6,8H,7H2,1-2H3,(H,15,16). The molecule has 2 rings (SSSR count). The third-order valence-corrected chi connectivity index (χ3v) is 2.19. The van der Waals surface area contributed by atoms with Crippen molar-refractivity contribution in [3.63, 3.8) is 0 Å². The highest BCUT2D eigenvalue weighted by molar-refractivity contribution is 5.39. The van der Waals surface area contributed by atoms with E-state index in [9.17, 15) is 0 Å². The Morgan fingerprint density at radius 3 is 2.56 bits per heavy atom. The second kappa shape index (κ2) is 4.70. The van der Waals surface area contributed by atoms with Crippen LogP contribution in [0.1, 0.15) is 16.8 Å². The molecule has 0 unspecified atom stereocenters. The summed E-state index contributed by atoms with van der Waals surface area (Å²) < 4.78 is 0. The van der Waals surface area contributed by atoms with E-state index in [1.54, 1.807) is 12.4 Å². The molecule has 0 bridgehead atoms. The lowest BCUT2D eigenvalue weighted by atomic mass is 10.2. The van der Waals surface area contributed by atoms with Crippen molar-refractivity contribution in [2.75, 3.05) is 5.32 Å². The van der Waals surface area contributed by atoms with E-state index in [0.29, 0.717) is 6.54 Å². The van der Waals surface area contributed by atoms with Crippen LogP contribution in [0.2, 0.25) is 0 Å². The predicted octanol–water partition coefficient (Wildman–Crippen LogP) is 2.10. The quantitative estimate of drug-likeness (QED) is 0.850. The Labute approximate surface area is 94.8 Å². The van der Waals surface area contributed by atoms with Crippen LogP contribution in [-0.4, -0.2) is 15.0 Å². The van der Waals surface area contributed by atoms with Crippen molar-refractivity contribution < 1.29 is 0 Å². The van der Waals surface area contributed by atoms with E-state index < -0.39 is 0 Å². The van der Waals surface area contributed by atoms with Gasteiger partial charge in [0.15, 0.2) is 0 Å². The smallest absolute Gasteiger partial charge is 0.126 e. The van der Waals surface area contributed by atoms with Crippen molar-refractivity contribution in [3.05, 3.63) is 47.7 Å². The van der Waals surface area contributed by atoms with Gasteiger partial charge in [-0.2, -0.15) is 0 Å². The SMILES string of the molecule is Cc1cc(C)nc(NCc2cncnc2)c1. The summed E-state index contributed by atoms with van der Waals surface area (Å²) >= 11 is 0. The lowest BCUT2D eigenvalue weighted by Gasteiger charge is -2.06. The third kappa shape index (κ3) is 2.76. The van der Waals surface area contributed by atoms with Crippen LogP contribution < -0.4 is 5.32 Å². The molecule has 4 nitrogen and oxygen atoms in total. The zero-order valence-corrected chi connectivity index (χ0v) is 9.44. The topological polar surface area (TPSA) is 50.7 Å². The van der Waals surface area contributed by atoms with Gasteiger partial charge in [-0.05, 0) is 31.5 Å². The molecule has 82 valence electrons. The van der Waals surface area contributed by atoms with Crippen molar-refractivity contribution in [3.8, 4) is 0 Å². The Morgan fingerprint density at radius 2 is 1.88 bits per heavy atom. The second-order valence-corrected chi connectivity index (χ2v) is 3.77. The van der Waals surface area contributed by atoms with Crippen LogP contribution in [0.4, 0.5) is 5.82 Å². The number of nitrogens with zero attached hydrogens (tertiary/aromatic N) is 3. The maximum atomic E-state index is 4.40. The zero-order valence-electron chi connectivity index (χ0n) is 9.44. The van der Waals surface area contributed by atoms with E-state index >= 15 is 0 Å². The maximum Gasteiger partial charge on any atom is 0.126 e. The van der Waals surface area contributed by atoms with Crippen molar-refractivity contribution in [1.29, 1.82) is 0 Å². The van der Waals surface area contributed by atoms with Gasteiger partial charge in [-0.25, -0.2) is 15.0 Å². The number of hydrogen-bond acceptors (Lipinski definition) is 4. The molecule has 2 heterocycles. The molecule has 0 aliphatic rings. The molecular weight excluding hydrogens is 200 g/mol. The van der Waals surface area contributed by atoms with Crippen LogP contribution in [0, 0.1) is 13.8 Å². The fourth-order valence-corrected chi connectivity index (χ4v) is 1.55. The summed E-state index contributed by atoms with van der Waals surface area (Å²) in [6.45, 7) is 4.74. The molecule has 0 saturated heterocycles. The highest BCUT2D eigenvalue weighted by Gasteiger charge is 1.97. The van der Waals surface area contributed by atoms with Gasteiger partial charge in [-0.1, -0.05) is 0 Å². The maximum absolute atomic E-state index is 4.40. The van der Waals surface area contributed by atoms with Crippen molar-refractivity contribution >= 4 is 5.82 Å². The van der Waals surface area contributed by atoms with Gasteiger partial charge in [-0.15, -0.1) is 0 Å². The number of hydrogen-bond donors (Lipinski definition) is 1. The summed E-state index contributed by atoms with van der Waals surface area (Å²) in [6.07, 6.45) is 5.11. The molecular formula is C12H14N4. The molecule has 16 heavy (non-hydrogen) atoms. The predicted molar refractivity (Wildman–Crippen MR) is 63.1 cm³/mol. The third-order valence-electron chi connectivity index (χ3n) is 2.19. The van der Waals surface area contributed by atoms with Crippen LogP contribution in [-0.2, 0) is 6.54 Å². The van der Waals surface area contributed by atoms with Crippen LogP contribution in [0.15, 0.2) is 30.9 Å². The van der Waals surface area contributed by atoms with Gasteiger partial charge in [0, 0.05) is 30.2 Å². The summed E-state index contributed by atoms with van der Waals surface area (Å²) in [5.41, 5.74) is 3.27. The summed E-state index contributed by atoms with van der Waals surface area (Å²) in [7, 11) is 0. The van der Waals surface area contributed by atoms with Crippen LogP contribution in [0.3, 0.4) is 0 Å². The summed E-state index contributed by atoms with van der Waals surface area (Å²) in [6, 6.07) is 4.08. The van der Waals surface area contributed by atoms with E-state index in [1.807, 2.05) is 13.0 Å². The van der Waals surface area contributed by atoms with Gasteiger partial charge >= 0.3 is 0 Å². The first-order chi connectivity index (χ1) is 7.74. The molecule has 2 aromatic rings.